The van der Waals surface area contributed by atoms with Gasteiger partial charge in [-0.05, 0) is 47.9 Å². The van der Waals surface area contributed by atoms with Crippen molar-refractivity contribution < 1.29 is 14.4 Å². The van der Waals surface area contributed by atoms with Crippen LogP contribution in [0.4, 0.5) is 0 Å². The summed E-state index contributed by atoms with van der Waals surface area (Å²) >= 11 is 0. The lowest BCUT2D eigenvalue weighted by molar-refractivity contribution is -0.133. The smallest absolute Gasteiger partial charge is 0.235 e. The van der Waals surface area contributed by atoms with E-state index in [2.05, 4.69) is 48.5 Å². The van der Waals surface area contributed by atoms with Gasteiger partial charge in [0.25, 0.3) is 0 Å². The highest BCUT2D eigenvalue weighted by molar-refractivity contribution is 6.14. The number of hydrogen-bond acceptors (Lipinski definition) is 4. The van der Waals surface area contributed by atoms with E-state index in [1.807, 2.05) is 36.4 Å². The van der Waals surface area contributed by atoms with Crippen molar-refractivity contribution in [3.05, 3.63) is 89.5 Å². The molecule has 0 N–H and O–H groups in total. The monoisotopic (exact) mass is 414 g/mol. The summed E-state index contributed by atoms with van der Waals surface area (Å²) < 4.78 is 5.24. The summed E-state index contributed by atoms with van der Waals surface area (Å²) in [5.74, 6) is 0.190. The third-order valence-electron chi connectivity index (χ3n) is 5.58. The van der Waals surface area contributed by atoms with Crippen molar-refractivity contribution in [1.29, 1.82) is 0 Å². The normalized spacial score (nSPS) is 17.6. The van der Waals surface area contributed by atoms with Crippen molar-refractivity contribution in [2.45, 2.75) is 13.0 Å². The number of benzene rings is 3. The highest BCUT2D eigenvalue weighted by atomic mass is 16.6. The van der Waals surface area contributed by atoms with E-state index in [4.69, 9.17) is 9.57 Å². The van der Waals surface area contributed by atoms with E-state index in [0.29, 0.717) is 5.71 Å². The fourth-order valence-corrected chi connectivity index (χ4v) is 3.76. The second-order valence-electron chi connectivity index (χ2n) is 7.93. The van der Waals surface area contributed by atoms with Gasteiger partial charge in [0.1, 0.15) is 17.4 Å². The molecule has 0 radical (unpaired) electrons. The van der Waals surface area contributed by atoms with Gasteiger partial charge in [-0.15, -0.1) is 0 Å². The number of oxime groups is 1. The molecule has 1 aliphatic heterocycles. The summed E-state index contributed by atoms with van der Waals surface area (Å²) in [6.07, 6.45) is -0.473. The number of methoxy groups -OCH3 is 1. The fourth-order valence-electron chi connectivity index (χ4n) is 3.76. The third-order valence-corrected chi connectivity index (χ3v) is 5.58. The number of hydrogen-bond donors (Lipinski definition) is 0. The molecular weight excluding hydrogens is 388 g/mol. The number of ether oxygens (including phenoxy) is 1. The Kier molecular flexibility index (Phi) is 5.76. The van der Waals surface area contributed by atoms with Crippen molar-refractivity contribution in [2.24, 2.45) is 11.1 Å². The molecule has 0 spiro atoms. The van der Waals surface area contributed by atoms with Gasteiger partial charge in [0.2, 0.25) is 5.91 Å². The molecule has 5 nitrogen and oxygen atoms in total. The summed E-state index contributed by atoms with van der Waals surface area (Å²) in [6, 6.07) is 24.1. The molecule has 0 bridgehead atoms. The van der Waals surface area contributed by atoms with Crippen molar-refractivity contribution in [2.75, 3.05) is 21.2 Å². The molecule has 3 aromatic carbocycles. The van der Waals surface area contributed by atoms with Crippen LogP contribution in [0.1, 0.15) is 22.8 Å². The molecule has 0 fully saturated rings. The highest BCUT2D eigenvalue weighted by Crippen LogP contribution is 2.37. The second-order valence-corrected chi connectivity index (χ2v) is 7.93. The molecular formula is C26H26N2O3. The molecule has 3 aromatic rings. The largest absolute Gasteiger partial charge is 0.497 e. The van der Waals surface area contributed by atoms with Crippen molar-refractivity contribution in [1.82, 2.24) is 4.90 Å². The standard InChI is InChI=1S/C26H26N2O3/c1-17-5-7-18(8-6-17)19-9-11-21(12-10-19)25-23(26(29)28(2)3)24(27-31-25)20-13-15-22(30-4)16-14-20/h5-16,23,25H,1-4H3/t23-,25+/m1/s1. The van der Waals surface area contributed by atoms with E-state index in [9.17, 15) is 4.79 Å². The van der Waals surface area contributed by atoms with Gasteiger partial charge < -0.3 is 14.5 Å². The average molecular weight is 415 g/mol. The second kappa shape index (κ2) is 8.64. The predicted octanol–water partition coefficient (Wildman–Crippen LogP) is 4.85. The van der Waals surface area contributed by atoms with Gasteiger partial charge >= 0.3 is 0 Å². The van der Waals surface area contributed by atoms with E-state index < -0.39 is 12.0 Å². The first-order valence-electron chi connectivity index (χ1n) is 10.2. The van der Waals surface area contributed by atoms with Gasteiger partial charge in [0, 0.05) is 19.7 Å². The molecule has 0 aromatic heterocycles. The van der Waals surface area contributed by atoms with E-state index in [1.165, 1.54) is 5.56 Å². The number of nitrogens with zero attached hydrogens (tertiary/aromatic N) is 2. The van der Waals surface area contributed by atoms with Gasteiger partial charge in [-0.3, -0.25) is 4.79 Å². The maximum absolute atomic E-state index is 13.1. The topological polar surface area (TPSA) is 51.1 Å². The molecule has 2 atom stereocenters. The Morgan fingerprint density at radius 1 is 0.871 bits per heavy atom. The third kappa shape index (κ3) is 4.17. The van der Waals surface area contributed by atoms with Crippen LogP contribution in [0.2, 0.25) is 0 Å². The summed E-state index contributed by atoms with van der Waals surface area (Å²) in [5, 5.41) is 4.32. The Balaban J connectivity index is 1.64. The van der Waals surface area contributed by atoms with E-state index in [-0.39, 0.29) is 5.91 Å². The van der Waals surface area contributed by atoms with Crippen molar-refractivity contribution in [3.8, 4) is 16.9 Å². The average Bonchev–Trinajstić information content (AvgIpc) is 3.24. The molecule has 5 heteroatoms. The SMILES string of the molecule is COc1ccc(C2=NO[C@@H](c3ccc(-c4ccc(C)cc4)cc3)[C@@H]2C(=O)N(C)C)cc1. The molecule has 4 rings (SSSR count). The van der Waals surface area contributed by atoms with Crippen LogP contribution in [-0.2, 0) is 9.63 Å². The maximum Gasteiger partial charge on any atom is 0.235 e. The number of amides is 1. The van der Waals surface area contributed by atoms with Gasteiger partial charge in [0.05, 0.1) is 7.11 Å². The lowest BCUT2D eigenvalue weighted by Crippen LogP contribution is -2.36. The number of aryl methyl sites for hydroxylation is 1. The van der Waals surface area contributed by atoms with Crippen LogP contribution >= 0.6 is 0 Å². The first-order valence-corrected chi connectivity index (χ1v) is 10.2. The fraction of sp³-hybridized carbons (Fsp3) is 0.231. The molecule has 0 saturated heterocycles. The maximum atomic E-state index is 13.1. The molecule has 31 heavy (non-hydrogen) atoms. The van der Waals surface area contributed by atoms with E-state index in [1.54, 1.807) is 26.1 Å². The summed E-state index contributed by atoms with van der Waals surface area (Å²) in [7, 11) is 5.13. The number of carbonyl (C=O) groups excluding carboxylic acids is 1. The van der Waals surface area contributed by atoms with Gasteiger partial charge in [-0.25, -0.2) is 0 Å². The van der Waals surface area contributed by atoms with Crippen LogP contribution in [0.3, 0.4) is 0 Å². The Bertz CT molecular complexity index is 1090. The van der Waals surface area contributed by atoms with Crippen LogP contribution in [0.25, 0.3) is 11.1 Å². The molecule has 0 aliphatic carbocycles. The minimum absolute atomic E-state index is 0.0420. The minimum atomic E-state index is -0.520. The zero-order valence-corrected chi connectivity index (χ0v) is 18.2. The molecule has 0 unspecified atom stereocenters. The molecule has 1 heterocycles. The van der Waals surface area contributed by atoms with Crippen LogP contribution in [0, 0.1) is 12.8 Å². The van der Waals surface area contributed by atoms with Gasteiger partial charge in [0.15, 0.2) is 6.10 Å². The summed E-state index contributed by atoms with van der Waals surface area (Å²) in [4.78, 5) is 20.5. The van der Waals surface area contributed by atoms with Crippen LogP contribution in [0.5, 0.6) is 5.75 Å². The van der Waals surface area contributed by atoms with Crippen LogP contribution in [0.15, 0.2) is 78.0 Å². The number of rotatable bonds is 5. The highest BCUT2D eigenvalue weighted by Gasteiger charge is 2.42. The first kappa shape index (κ1) is 20.7. The van der Waals surface area contributed by atoms with Crippen molar-refractivity contribution in [3.63, 3.8) is 0 Å². The minimum Gasteiger partial charge on any atom is -0.497 e. The molecule has 158 valence electrons. The first-order chi connectivity index (χ1) is 15.0. The lowest BCUT2D eigenvalue weighted by Gasteiger charge is -2.22. The Morgan fingerprint density at radius 2 is 1.42 bits per heavy atom. The van der Waals surface area contributed by atoms with Crippen LogP contribution < -0.4 is 4.74 Å². The van der Waals surface area contributed by atoms with E-state index in [0.717, 1.165) is 28.0 Å². The van der Waals surface area contributed by atoms with Gasteiger partial charge in [-0.1, -0.05) is 59.3 Å². The summed E-state index contributed by atoms with van der Waals surface area (Å²) in [5.41, 5.74) is 5.90. The van der Waals surface area contributed by atoms with Gasteiger partial charge in [-0.2, -0.15) is 0 Å². The molecule has 1 amide bonds. The Labute approximate surface area is 182 Å². The summed E-state index contributed by atoms with van der Waals surface area (Å²) in [6.45, 7) is 2.08. The Morgan fingerprint density at radius 3 is 1.97 bits per heavy atom. The Hall–Kier alpha value is -3.60. The molecule has 0 saturated carbocycles. The zero-order chi connectivity index (χ0) is 22.0. The number of carbonyl (C=O) groups is 1. The zero-order valence-electron chi connectivity index (χ0n) is 18.2. The lowest BCUT2D eigenvalue weighted by atomic mass is 9.87. The van der Waals surface area contributed by atoms with E-state index >= 15 is 0 Å². The molecule has 1 aliphatic rings. The predicted molar refractivity (Wildman–Crippen MR) is 122 cm³/mol. The van der Waals surface area contributed by atoms with Crippen LogP contribution in [-0.4, -0.2) is 37.7 Å². The quantitative estimate of drug-likeness (QED) is 0.600. The van der Waals surface area contributed by atoms with Crippen molar-refractivity contribution >= 4 is 11.6 Å².